The van der Waals surface area contributed by atoms with Crippen molar-refractivity contribution in [2.45, 2.75) is 26.9 Å². The van der Waals surface area contributed by atoms with Gasteiger partial charge in [-0.15, -0.1) is 0 Å². The summed E-state index contributed by atoms with van der Waals surface area (Å²) in [6, 6.07) is 7.57. The summed E-state index contributed by atoms with van der Waals surface area (Å²) in [5, 5.41) is 0. The standard InChI is InChI=1S/C15H19N3O2/c1-11-7-12(2)9-13(8-11)10-17-5-3-14(19)18(6-4-16)15(17)20/h3,5,7-9H,4,6,10,16H2,1-2H3. The van der Waals surface area contributed by atoms with Gasteiger partial charge in [-0.05, 0) is 19.4 Å². The van der Waals surface area contributed by atoms with Gasteiger partial charge in [-0.1, -0.05) is 29.3 Å². The second-order valence-electron chi connectivity index (χ2n) is 5.00. The highest BCUT2D eigenvalue weighted by Gasteiger charge is 2.05. The van der Waals surface area contributed by atoms with Crippen LogP contribution in [0.15, 0.2) is 40.1 Å². The Morgan fingerprint density at radius 3 is 2.35 bits per heavy atom. The molecule has 106 valence electrons. The van der Waals surface area contributed by atoms with Crippen LogP contribution in [0.4, 0.5) is 0 Å². The maximum Gasteiger partial charge on any atom is 0.331 e. The zero-order valence-corrected chi connectivity index (χ0v) is 11.8. The molecule has 0 unspecified atom stereocenters. The highest BCUT2D eigenvalue weighted by atomic mass is 16.2. The molecule has 0 atom stereocenters. The molecule has 1 aromatic carbocycles. The molecule has 0 saturated heterocycles. The Kier molecular flexibility index (Phi) is 4.20. The fourth-order valence-electron chi connectivity index (χ4n) is 2.37. The summed E-state index contributed by atoms with van der Waals surface area (Å²) in [5.41, 5.74) is 8.16. The van der Waals surface area contributed by atoms with Crippen molar-refractivity contribution in [3.63, 3.8) is 0 Å². The average Bonchev–Trinajstić information content (AvgIpc) is 2.37. The largest absolute Gasteiger partial charge is 0.331 e. The maximum atomic E-state index is 12.2. The van der Waals surface area contributed by atoms with Gasteiger partial charge in [-0.25, -0.2) is 4.79 Å². The molecule has 1 heterocycles. The Morgan fingerprint density at radius 2 is 1.75 bits per heavy atom. The Bertz CT molecular complexity index is 708. The number of benzene rings is 1. The number of hydrogen-bond donors (Lipinski definition) is 1. The van der Waals surface area contributed by atoms with Crippen LogP contribution in [0.3, 0.4) is 0 Å². The van der Waals surface area contributed by atoms with E-state index in [4.69, 9.17) is 5.73 Å². The van der Waals surface area contributed by atoms with E-state index in [2.05, 4.69) is 6.07 Å². The lowest BCUT2D eigenvalue weighted by molar-refractivity contribution is 0.579. The van der Waals surface area contributed by atoms with E-state index in [0.717, 1.165) is 16.7 Å². The van der Waals surface area contributed by atoms with Gasteiger partial charge in [0.25, 0.3) is 5.56 Å². The first-order valence-electron chi connectivity index (χ1n) is 6.59. The van der Waals surface area contributed by atoms with Gasteiger partial charge in [0.1, 0.15) is 0 Å². The molecular weight excluding hydrogens is 254 g/mol. The molecule has 2 rings (SSSR count). The van der Waals surface area contributed by atoms with Crippen LogP contribution >= 0.6 is 0 Å². The zero-order valence-electron chi connectivity index (χ0n) is 11.8. The first-order valence-corrected chi connectivity index (χ1v) is 6.59. The van der Waals surface area contributed by atoms with Crippen molar-refractivity contribution in [3.8, 4) is 0 Å². The second-order valence-corrected chi connectivity index (χ2v) is 5.00. The maximum absolute atomic E-state index is 12.2. The summed E-state index contributed by atoms with van der Waals surface area (Å²) in [5.74, 6) is 0. The minimum Gasteiger partial charge on any atom is -0.329 e. The Hall–Kier alpha value is -2.14. The summed E-state index contributed by atoms with van der Waals surface area (Å²) in [7, 11) is 0. The molecule has 0 aliphatic carbocycles. The molecule has 5 heteroatoms. The van der Waals surface area contributed by atoms with E-state index in [1.54, 1.807) is 0 Å². The van der Waals surface area contributed by atoms with Gasteiger partial charge in [0.15, 0.2) is 0 Å². The van der Waals surface area contributed by atoms with Crippen LogP contribution in [0, 0.1) is 13.8 Å². The average molecular weight is 273 g/mol. The van der Waals surface area contributed by atoms with Crippen molar-refractivity contribution in [1.29, 1.82) is 0 Å². The molecule has 0 aliphatic heterocycles. The molecule has 0 fully saturated rings. The molecule has 20 heavy (non-hydrogen) atoms. The van der Waals surface area contributed by atoms with Gasteiger partial charge < -0.3 is 5.73 Å². The number of nitrogens with zero attached hydrogens (tertiary/aromatic N) is 2. The molecule has 0 radical (unpaired) electrons. The van der Waals surface area contributed by atoms with E-state index in [1.807, 2.05) is 26.0 Å². The first-order chi connectivity index (χ1) is 9.51. The number of aryl methyl sites for hydroxylation is 2. The lowest BCUT2D eigenvalue weighted by Gasteiger charge is -2.10. The Morgan fingerprint density at radius 1 is 1.10 bits per heavy atom. The molecular formula is C15H19N3O2. The lowest BCUT2D eigenvalue weighted by Crippen LogP contribution is -2.40. The highest BCUT2D eigenvalue weighted by molar-refractivity contribution is 5.28. The normalized spacial score (nSPS) is 10.8. The fraction of sp³-hybridized carbons (Fsp3) is 0.333. The summed E-state index contributed by atoms with van der Waals surface area (Å²) in [6.07, 6.45) is 1.54. The molecule has 2 aromatic rings. The summed E-state index contributed by atoms with van der Waals surface area (Å²) < 4.78 is 2.70. The molecule has 2 N–H and O–H groups in total. The minimum absolute atomic E-state index is 0.241. The van der Waals surface area contributed by atoms with Gasteiger partial charge >= 0.3 is 5.69 Å². The van der Waals surface area contributed by atoms with Crippen molar-refractivity contribution in [2.75, 3.05) is 6.54 Å². The third-order valence-corrected chi connectivity index (χ3v) is 3.13. The van der Waals surface area contributed by atoms with E-state index >= 15 is 0 Å². The van der Waals surface area contributed by atoms with Gasteiger partial charge in [0.05, 0.1) is 6.54 Å². The Balaban J connectivity index is 2.41. The summed E-state index contributed by atoms with van der Waals surface area (Å²) in [6.45, 7) is 5.00. The molecule has 0 spiro atoms. The third-order valence-electron chi connectivity index (χ3n) is 3.13. The van der Waals surface area contributed by atoms with Crippen LogP contribution in [0.25, 0.3) is 0 Å². The highest BCUT2D eigenvalue weighted by Crippen LogP contribution is 2.09. The summed E-state index contributed by atoms with van der Waals surface area (Å²) >= 11 is 0. The van der Waals surface area contributed by atoms with E-state index in [-0.39, 0.29) is 24.3 Å². The van der Waals surface area contributed by atoms with Gasteiger partial charge in [0, 0.05) is 25.4 Å². The van der Waals surface area contributed by atoms with Crippen LogP contribution in [0.1, 0.15) is 16.7 Å². The fourth-order valence-corrected chi connectivity index (χ4v) is 2.37. The molecule has 0 saturated carbocycles. The van der Waals surface area contributed by atoms with Crippen molar-refractivity contribution in [2.24, 2.45) is 5.73 Å². The monoisotopic (exact) mass is 273 g/mol. The van der Waals surface area contributed by atoms with Crippen molar-refractivity contribution in [1.82, 2.24) is 9.13 Å². The van der Waals surface area contributed by atoms with Crippen LogP contribution in [0.5, 0.6) is 0 Å². The quantitative estimate of drug-likeness (QED) is 0.888. The number of nitrogens with two attached hydrogens (primary N) is 1. The van der Waals surface area contributed by atoms with Crippen molar-refractivity contribution in [3.05, 3.63) is 68.0 Å². The predicted molar refractivity (Wildman–Crippen MR) is 79.0 cm³/mol. The van der Waals surface area contributed by atoms with E-state index in [9.17, 15) is 9.59 Å². The number of aromatic nitrogens is 2. The van der Waals surface area contributed by atoms with E-state index < -0.39 is 0 Å². The Labute approximate surface area is 117 Å². The topological polar surface area (TPSA) is 70.0 Å². The second kappa shape index (κ2) is 5.88. The van der Waals surface area contributed by atoms with Crippen LogP contribution in [-0.2, 0) is 13.1 Å². The molecule has 1 aromatic heterocycles. The van der Waals surface area contributed by atoms with Gasteiger partial charge in [-0.2, -0.15) is 0 Å². The molecule has 0 bridgehead atoms. The van der Waals surface area contributed by atoms with Gasteiger partial charge in [-0.3, -0.25) is 13.9 Å². The predicted octanol–water partition coefficient (Wildman–Crippen LogP) is 0.634. The SMILES string of the molecule is Cc1cc(C)cc(Cn2ccc(=O)n(CCN)c2=O)c1. The van der Waals surface area contributed by atoms with Gasteiger partial charge in [0.2, 0.25) is 0 Å². The molecule has 0 amide bonds. The minimum atomic E-state index is -0.317. The number of rotatable bonds is 4. The molecule has 0 aliphatic rings. The summed E-state index contributed by atoms with van der Waals surface area (Å²) in [4.78, 5) is 23.9. The van der Waals surface area contributed by atoms with Crippen molar-refractivity contribution >= 4 is 0 Å². The lowest BCUT2D eigenvalue weighted by atomic mass is 10.1. The van der Waals surface area contributed by atoms with Crippen LogP contribution in [0.2, 0.25) is 0 Å². The smallest absolute Gasteiger partial charge is 0.329 e. The zero-order chi connectivity index (χ0) is 14.7. The van der Waals surface area contributed by atoms with E-state index in [0.29, 0.717) is 6.54 Å². The van der Waals surface area contributed by atoms with E-state index in [1.165, 1.54) is 21.4 Å². The van der Waals surface area contributed by atoms with Crippen LogP contribution < -0.4 is 17.0 Å². The molecule has 5 nitrogen and oxygen atoms in total. The van der Waals surface area contributed by atoms with Crippen molar-refractivity contribution < 1.29 is 0 Å². The first kappa shape index (κ1) is 14.3. The third kappa shape index (κ3) is 3.05. The van der Waals surface area contributed by atoms with Crippen LogP contribution in [-0.4, -0.2) is 15.7 Å². The number of hydrogen-bond acceptors (Lipinski definition) is 3.